The number of rotatable bonds is 3. The molecule has 1 aliphatic rings. The van der Waals surface area contributed by atoms with Crippen LogP contribution < -0.4 is 0 Å². The molecule has 0 spiro atoms. The van der Waals surface area contributed by atoms with Crippen molar-refractivity contribution in [3.8, 4) is 0 Å². The summed E-state index contributed by atoms with van der Waals surface area (Å²) in [7, 11) is -3.68. The van der Waals surface area contributed by atoms with E-state index in [0.29, 0.717) is 0 Å². The lowest BCUT2D eigenvalue weighted by atomic mass is 10.1. The maximum absolute atomic E-state index is 12.7. The Bertz CT molecular complexity index is 647. The lowest BCUT2D eigenvalue weighted by molar-refractivity contribution is -0.138. The summed E-state index contributed by atoms with van der Waals surface area (Å²) in [6, 6.07) is 4.92. The van der Waals surface area contributed by atoms with Crippen molar-refractivity contribution in [2.45, 2.75) is 12.8 Å². The van der Waals surface area contributed by atoms with Gasteiger partial charge in [-0.1, -0.05) is 18.2 Å². The number of sulfonamides is 1. The van der Waals surface area contributed by atoms with Crippen molar-refractivity contribution in [3.63, 3.8) is 0 Å². The van der Waals surface area contributed by atoms with Gasteiger partial charge in [-0.3, -0.25) is 0 Å². The summed E-state index contributed by atoms with van der Waals surface area (Å²) in [5.41, 5.74) is -0.887. The van der Waals surface area contributed by atoms with Crippen LogP contribution in [-0.4, -0.2) is 14.6 Å². The first-order chi connectivity index (χ1) is 8.78. The van der Waals surface area contributed by atoms with E-state index in [0.717, 1.165) is 17.7 Å². The molecule has 1 aromatic carbocycles. The minimum atomic E-state index is -4.48. The van der Waals surface area contributed by atoms with Gasteiger partial charge in [-0.2, -0.15) is 26.0 Å². The van der Waals surface area contributed by atoms with E-state index in [9.17, 15) is 21.6 Å². The number of halogens is 3. The fraction of sp³-hybridized carbons (Fsp3) is 0.182. The predicted molar refractivity (Wildman–Crippen MR) is 61.7 cm³/mol. The number of ether oxygens (including phenoxy) is 1. The molecular weight excluding hydrogens is 283 g/mol. The van der Waals surface area contributed by atoms with Gasteiger partial charge >= 0.3 is 6.18 Å². The Hall–Kier alpha value is -1.83. The van der Waals surface area contributed by atoms with Crippen LogP contribution in [0.3, 0.4) is 0 Å². The highest BCUT2D eigenvalue weighted by molar-refractivity contribution is 7.93. The molecule has 0 aromatic heterocycles. The Morgan fingerprint density at radius 1 is 1.21 bits per heavy atom. The van der Waals surface area contributed by atoms with Crippen molar-refractivity contribution in [3.05, 3.63) is 46.6 Å². The SMILES string of the molecule is O=S1(=O)C=C(OCc2ccccc2C(F)(F)F)C=N1. The molecule has 4 nitrogen and oxygen atoms in total. The first kappa shape index (κ1) is 13.6. The standard InChI is InChI=1S/C11H8F3NO3S/c12-11(13,14)10-4-2-1-3-8(10)6-18-9-5-15-19(16,17)7-9/h1-5,7H,6H2. The van der Waals surface area contributed by atoms with Crippen molar-refractivity contribution >= 4 is 16.2 Å². The Labute approximate surface area is 107 Å². The fourth-order valence-corrected chi connectivity index (χ4v) is 2.22. The van der Waals surface area contributed by atoms with Crippen molar-refractivity contribution in [1.29, 1.82) is 0 Å². The van der Waals surface area contributed by atoms with E-state index in [1.807, 2.05) is 0 Å². The van der Waals surface area contributed by atoms with Crippen LogP contribution in [0.25, 0.3) is 0 Å². The smallest absolute Gasteiger partial charge is 0.416 e. The van der Waals surface area contributed by atoms with Crippen molar-refractivity contribution in [2.24, 2.45) is 4.40 Å². The van der Waals surface area contributed by atoms with E-state index >= 15 is 0 Å². The molecule has 0 radical (unpaired) electrons. The molecule has 0 unspecified atom stereocenters. The van der Waals surface area contributed by atoms with Crippen LogP contribution in [0, 0.1) is 0 Å². The zero-order valence-corrected chi connectivity index (χ0v) is 10.2. The van der Waals surface area contributed by atoms with Gasteiger partial charge in [0.1, 0.15) is 6.61 Å². The van der Waals surface area contributed by atoms with Gasteiger partial charge in [0.25, 0.3) is 10.0 Å². The highest BCUT2D eigenvalue weighted by atomic mass is 32.2. The van der Waals surface area contributed by atoms with Gasteiger partial charge in [0.05, 0.1) is 17.2 Å². The Morgan fingerprint density at radius 2 is 1.89 bits per heavy atom. The second-order valence-corrected chi connectivity index (χ2v) is 5.19. The molecular formula is C11H8F3NO3S. The molecule has 102 valence electrons. The summed E-state index contributed by atoms with van der Waals surface area (Å²) in [6.07, 6.45) is -3.53. The normalized spacial score (nSPS) is 17.3. The van der Waals surface area contributed by atoms with Crippen LogP contribution in [0.1, 0.15) is 11.1 Å². The van der Waals surface area contributed by atoms with Crippen LogP contribution >= 0.6 is 0 Å². The molecule has 8 heteroatoms. The molecule has 0 amide bonds. The van der Waals surface area contributed by atoms with E-state index in [-0.39, 0.29) is 17.9 Å². The van der Waals surface area contributed by atoms with Crippen LogP contribution in [0.2, 0.25) is 0 Å². The average molecular weight is 291 g/mol. The molecule has 0 atom stereocenters. The second kappa shape index (κ2) is 4.69. The van der Waals surface area contributed by atoms with E-state index in [4.69, 9.17) is 4.74 Å². The maximum atomic E-state index is 12.7. The van der Waals surface area contributed by atoms with Gasteiger partial charge in [0.15, 0.2) is 5.76 Å². The predicted octanol–water partition coefficient (Wildman–Crippen LogP) is 2.48. The molecule has 0 fully saturated rings. The van der Waals surface area contributed by atoms with Gasteiger partial charge in [-0.25, -0.2) is 0 Å². The average Bonchev–Trinajstić information content (AvgIpc) is 2.66. The first-order valence-electron chi connectivity index (χ1n) is 5.08. The monoisotopic (exact) mass is 291 g/mol. The third-order valence-corrected chi connectivity index (χ3v) is 3.24. The third-order valence-electron chi connectivity index (χ3n) is 2.31. The van der Waals surface area contributed by atoms with E-state index in [2.05, 4.69) is 4.40 Å². The summed E-state index contributed by atoms with van der Waals surface area (Å²) < 4.78 is 68.1. The highest BCUT2D eigenvalue weighted by Gasteiger charge is 2.33. The fourth-order valence-electron chi connectivity index (χ4n) is 1.49. The quantitative estimate of drug-likeness (QED) is 0.859. The van der Waals surface area contributed by atoms with Gasteiger partial charge in [0, 0.05) is 5.56 Å². The molecule has 1 heterocycles. The summed E-state index contributed by atoms with van der Waals surface area (Å²) in [5, 5.41) is 0.753. The molecule has 19 heavy (non-hydrogen) atoms. The molecule has 0 N–H and O–H groups in total. The zero-order chi connectivity index (χ0) is 14.1. The molecule has 1 aliphatic heterocycles. The van der Waals surface area contributed by atoms with Gasteiger partial charge in [-0.15, -0.1) is 0 Å². The molecule has 2 rings (SSSR count). The molecule has 0 bridgehead atoms. The summed E-state index contributed by atoms with van der Waals surface area (Å²) in [4.78, 5) is 0. The summed E-state index contributed by atoms with van der Waals surface area (Å²) >= 11 is 0. The minimum Gasteiger partial charge on any atom is -0.486 e. The Kier molecular flexibility index (Phi) is 3.36. The van der Waals surface area contributed by atoms with E-state index in [1.165, 1.54) is 18.2 Å². The Morgan fingerprint density at radius 3 is 2.47 bits per heavy atom. The lowest BCUT2D eigenvalue weighted by Gasteiger charge is -2.12. The number of hydrogen-bond acceptors (Lipinski definition) is 3. The number of hydrogen-bond donors (Lipinski definition) is 0. The van der Waals surface area contributed by atoms with Crippen LogP contribution in [0.15, 0.2) is 39.8 Å². The topological polar surface area (TPSA) is 55.7 Å². The highest BCUT2D eigenvalue weighted by Crippen LogP contribution is 2.32. The van der Waals surface area contributed by atoms with E-state index in [1.54, 1.807) is 0 Å². The van der Waals surface area contributed by atoms with E-state index < -0.39 is 21.8 Å². The number of allylic oxidation sites excluding steroid dienone is 1. The van der Waals surface area contributed by atoms with Crippen LogP contribution in [-0.2, 0) is 27.5 Å². The first-order valence-corrected chi connectivity index (χ1v) is 6.58. The number of benzene rings is 1. The van der Waals surface area contributed by atoms with Crippen molar-refractivity contribution in [1.82, 2.24) is 0 Å². The lowest BCUT2D eigenvalue weighted by Crippen LogP contribution is -2.09. The number of nitrogens with zero attached hydrogens (tertiary/aromatic N) is 1. The van der Waals surface area contributed by atoms with Crippen LogP contribution in [0.5, 0.6) is 0 Å². The van der Waals surface area contributed by atoms with Crippen molar-refractivity contribution in [2.75, 3.05) is 0 Å². The van der Waals surface area contributed by atoms with Crippen molar-refractivity contribution < 1.29 is 26.3 Å². The third kappa shape index (κ3) is 3.34. The largest absolute Gasteiger partial charge is 0.486 e. The van der Waals surface area contributed by atoms with Gasteiger partial charge in [0.2, 0.25) is 0 Å². The molecule has 0 aliphatic carbocycles. The van der Waals surface area contributed by atoms with Gasteiger partial charge < -0.3 is 4.74 Å². The molecule has 0 saturated carbocycles. The summed E-state index contributed by atoms with van der Waals surface area (Å²) in [5.74, 6) is -0.0861. The molecule has 0 saturated heterocycles. The Balaban J connectivity index is 2.16. The summed E-state index contributed by atoms with van der Waals surface area (Å²) in [6.45, 7) is -0.386. The van der Waals surface area contributed by atoms with Crippen LogP contribution in [0.4, 0.5) is 13.2 Å². The second-order valence-electron chi connectivity index (χ2n) is 3.71. The maximum Gasteiger partial charge on any atom is 0.416 e. The zero-order valence-electron chi connectivity index (χ0n) is 9.39. The van der Waals surface area contributed by atoms with Gasteiger partial charge in [-0.05, 0) is 6.07 Å². The minimum absolute atomic E-state index is 0.0754. The number of alkyl halides is 3. The molecule has 1 aromatic rings.